The van der Waals surface area contributed by atoms with Gasteiger partial charge in [0.05, 0.1) is 6.54 Å². The number of amides is 2. The first-order valence-electron chi connectivity index (χ1n) is 8.72. The highest BCUT2D eigenvalue weighted by Crippen LogP contribution is 2.23. The van der Waals surface area contributed by atoms with Crippen LogP contribution in [0.15, 0.2) is 18.2 Å². The summed E-state index contributed by atoms with van der Waals surface area (Å²) in [4.78, 5) is 28.5. The Morgan fingerprint density at radius 3 is 2.72 bits per heavy atom. The molecule has 0 radical (unpaired) electrons. The number of piperazine rings is 1. The van der Waals surface area contributed by atoms with Gasteiger partial charge in [0.2, 0.25) is 5.91 Å². The fourth-order valence-electron chi connectivity index (χ4n) is 3.24. The molecule has 2 saturated heterocycles. The molecule has 7 heteroatoms. The topological polar surface area (TPSA) is 61.9 Å². The van der Waals surface area contributed by atoms with Crippen molar-refractivity contribution >= 4 is 29.1 Å². The van der Waals surface area contributed by atoms with Crippen LogP contribution in [-0.2, 0) is 14.3 Å². The third-order valence-corrected chi connectivity index (χ3v) is 5.21. The average molecular weight is 366 g/mol. The van der Waals surface area contributed by atoms with Gasteiger partial charge in [-0.25, -0.2) is 0 Å². The second-order valence-corrected chi connectivity index (χ2v) is 6.97. The Kier molecular flexibility index (Phi) is 5.93. The molecule has 2 amide bonds. The lowest BCUT2D eigenvalue weighted by Gasteiger charge is -2.35. The summed E-state index contributed by atoms with van der Waals surface area (Å²) >= 11 is 6.08. The molecule has 0 aromatic heterocycles. The zero-order chi connectivity index (χ0) is 17.8. The molecule has 2 aliphatic rings. The molecule has 2 heterocycles. The van der Waals surface area contributed by atoms with E-state index in [1.54, 1.807) is 6.07 Å². The largest absolute Gasteiger partial charge is 0.368 e. The van der Waals surface area contributed by atoms with Crippen molar-refractivity contribution in [2.24, 2.45) is 0 Å². The Balaban J connectivity index is 1.46. The van der Waals surface area contributed by atoms with Crippen LogP contribution in [0.25, 0.3) is 0 Å². The first-order valence-corrected chi connectivity index (χ1v) is 9.10. The fraction of sp³-hybridized carbons (Fsp3) is 0.556. The highest BCUT2D eigenvalue weighted by molar-refractivity contribution is 6.31. The quantitative estimate of drug-likeness (QED) is 0.885. The van der Waals surface area contributed by atoms with Crippen molar-refractivity contribution < 1.29 is 14.3 Å². The monoisotopic (exact) mass is 365 g/mol. The summed E-state index contributed by atoms with van der Waals surface area (Å²) in [5, 5.41) is 3.55. The lowest BCUT2D eigenvalue weighted by molar-refractivity contribution is -0.142. The number of halogens is 1. The number of nitrogens with zero attached hydrogens (tertiary/aromatic N) is 2. The third kappa shape index (κ3) is 4.51. The second-order valence-electron chi connectivity index (χ2n) is 6.56. The van der Waals surface area contributed by atoms with E-state index in [0.717, 1.165) is 24.1 Å². The maximum absolute atomic E-state index is 12.3. The van der Waals surface area contributed by atoms with Crippen molar-refractivity contribution in [2.75, 3.05) is 44.6 Å². The number of carbonyl (C=O) groups is 2. The SMILES string of the molecule is Cc1c(Cl)cccc1NC(=O)CN1CCN(C(=O)C2CCCO2)CC1. The third-order valence-electron chi connectivity index (χ3n) is 4.80. The van der Waals surface area contributed by atoms with Crippen LogP contribution >= 0.6 is 11.6 Å². The van der Waals surface area contributed by atoms with Crippen molar-refractivity contribution in [3.05, 3.63) is 28.8 Å². The zero-order valence-corrected chi connectivity index (χ0v) is 15.2. The summed E-state index contributed by atoms with van der Waals surface area (Å²) in [5.41, 5.74) is 1.61. The van der Waals surface area contributed by atoms with E-state index in [0.29, 0.717) is 44.4 Å². The molecule has 2 fully saturated rings. The number of benzene rings is 1. The summed E-state index contributed by atoms with van der Waals surface area (Å²) < 4.78 is 5.47. The maximum atomic E-state index is 12.3. The summed E-state index contributed by atoms with van der Waals surface area (Å²) in [6.45, 7) is 5.55. The van der Waals surface area contributed by atoms with Crippen LogP contribution in [0.1, 0.15) is 18.4 Å². The molecular weight excluding hydrogens is 342 g/mol. The van der Waals surface area contributed by atoms with Gasteiger partial charge in [0, 0.05) is 43.5 Å². The van der Waals surface area contributed by atoms with Gasteiger partial charge >= 0.3 is 0 Å². The van der Waals surface area contributed by atoms with Gasteiger partial charge in [0.25, 0.3) is 5.91 Å². The van der Waals surface area contributed by atoms with Crippen LogP contribution in [0, 0.1) is 6.92 Å². The Bertz CT molecular complexity index is 638. The van der Waals surface area contributed by atoms with Gasteiger partial charge in [0.1, 0.15) is 6.10 Å². The van der Waals surface area contributed by atoms with E-state index in [2.05, 4.69) is 10.2 Å². The van der Waals surface area contributed by atoms with E-state index in [9.17, 15) is 9.59 Å². The first-order chi connectivity index (χ1) is 12.0. The lowest BCUT2D eigenvalue weighted by Crippen LogP contribution is -2.52. The normalized spacial score (nSPS) is 21.4. The predicted molar refractivity (Wildman–Crippen MR) is 96.8 cm³/mol. The minimum atomic E-state index is -0.263. The average Bonchev–Trinajstić information content (AvgIpc) is 3.13. The highest BCUT2D eigenvalue weighted by Gasteiger charge is 2.30. The first kappa shape index (κ1) is 18.2. The van der Waals surface area contributed by atoms with Gasteiger partial charge in [-0.2, -0.15) is 0 Å². The van der Waals surface area contributed by atoms with Crippen molar-refractivity contribution in [2.45, 2.75) is 25.9 Å². The Morgan fingerprint density at radius 2 is 2.04 bits per heavy atom. The number of ether oxygens (including phenoxy) is 1. The van der Waals surface area contributed by atoms with Crippen LogP contribution < -0.4 is 5.32 Å². The molecule has 0 bridgehead atoms. The lowest BCUT2D eigenvalue weighted by atomic mass is 10.2. The molecule has 2 aliphatic heterocycles. The number of nitrogens with one attached hydrogen (secondary N) is 1. The van der Waals surface area contributed by atoms with E-state index in [4.69, 9.17) is 16.3 Å². The minimum Gasteiger partial charge on any atom is -0.368 e. The smallest absolute Gasteiger partial charge is 0.251 e. The summed E-state index contributed by atoms with van der Waals surface area (Å²) in [6, 6.07) is 5.47. The van der Waals surface area contributed by atoms with E-state index >= 15 is 0 Å². The Hall–Kier alpha value is -1.63. The Labute approximate surface area is 153 Å². The molecular formula is C18H24ClN3O3. The summed E-state index contributed by atoms with van der Waals surface area (Å²) in [6.07, 6.45) is 1.51. The summed E-state index contributed by atoms with van der Waals surface area (Å²) in [5.74, 6) is 0.0282. The van der Waals surface area contributed by atoms with Crippen molar-refractivity contribution in [1.82, 2.24) is 9.80 Å². The fourth-order valence-corrected chi connectivity index (χ4v) is 3.41. The molecule has 1 N–H and O–H groups in total. The molecule has 1 aromatic carbocycles. The van der Waals surface area contributed by atoms with Crippen molar-refractivity contribution in [3.8, 4) is 0 Å². The summed E-state index contributed by atoms with van der Waals surface area (Å²) in [7, 11) is 0. The number of carbonyl (C=O) groups excluding carboxylic acids is 2. The predicted octanol–water partition coefficient (Wildman–Crippen LogP) is 1.91. The van der Waals surface area contributed by atoms with Crippen molar-refractivity contribution in [1.29, 1.82) is 0 Å². The number of hydrogen-bond donors (Lipinski definition) is 1. The van der Waals surface area contributed by atoms with Gasteiger partial charge in [-0.15, -0.1) is 0 Å². The van der Waals surface area contributed by atoms with Gasteiger partial charge in [-0.1, -0.05) is 17.7 Å². The van der Waals surface area contributed by atoms with Crippen molar-refractivity contribution in [3.63, 3.8) is 0 Å². The van der Waals surface area contributed by atoms with E-state index in [1.165, 1.54) is 0 Å². The molecule has 0 spiro atoms. The van der Waals surface area contributed by atoms with Gasteiger partial charge in [-0.3, -0.25) is 14.5 Å². The molecule has 25 heavy (non-hydrogen) atoms. The molecule has 6 nitrogen and oxygen atoms in total. The van der Waals surface area contributed by atoms with Gasteiger partial charge in [0.15, 0.2) is 0 Å². The van der Waals surface area contributed by atoms with Crippen LogP contribution in [0.4, 0.5) is 5.69 Å². The molecule has 1 aromatic rings. The van der Waals surface area contributed by atoms with Crippen LogP contribution in [0.5, 0.6) is 0 Å². The van der Waals surface area contributed by atoms with E-state index in [-0.39, 0.29) is 17.9 Å². The zero-order valence-electron chi connectivity index (χ0n) is 14.5. The molecule has 1 atom stereocenters. The molecule has 0 saturated carbocycles. The van der Waals surface area contributed by atoms with E-state index in [1.807, 2.05) is 24.0 Å². The van der Waals surface area contributed by atoms with E-state index < -0.39 is 0 Å². The van der Waals surface area contributed by atoms with Crippen LogP contribution in [-0.4, -0.2) is 67.0 Å². The standard InChI is InChI=1S/C18H24ClN3O3/c1-13-14(19)4-2-5-15(13)20-17(23)12-21-7-9-22(10-8-21)18(24)16-6-3-11-25-16/h2,4-5,16H,3,6-12H2,1H3,(H,20,23). The molecule has 3 rings (SSSR count). The van der Waals surface area contributed by atoms with Crippen LogP contribution in [0.2, 0.25) is 5.02 Å². The number of anilines is 1. The second kappa shape index (κ2) is 8.17. The number of hydrogen-bond acceptors (Lipinski definition) is 4. The molecule has 0 aliphatic carbocycles. The van der Waals surface area contributed by atoms with Gasteiger partial charge in [-0.05, 0) is 37.5 Å². The molecule has 136 valence electrons. The highest BCUT2D eigenvalue weighted by atomic mass is 35.5. The van der Waals surface area contributed by atoms with Gasteiger partial charge < -0.3 is 15.0 Å². The minimum absolute atomic E-state index is 0.0655. The maximum Gasteiger partial charge on any atom is 0.251 e. The van der Waals surface area contributed by atoms with Crippen LogP contribution in [0.3, 0.4) is 0 Å². The number of rotatable bonds is 4. The Morgan fingerprint density at radius 1 is 1.28 bits per heavy atom. The molecule has 1 unspecified atom stereocenters.